The van der Waals surface area contributed by atoms with E-state index in [0.29, 0.717) is 31.2 Å². The summed E-state index contributed by atoms with van der Waals surface area (Å²) in [4.78, 5) is 51.2. The van der Waals surface area contributed by atoms with E-state index in [4.69, 9.17) is 21.1 Å². The molecule has 0 radical (unpaired) electrons. The van der Waals surface area contributed by atoms with Crippen molar-refractivity contribution in [1.29, 1.82) is 0 Å². The molecule has 17 heteroatoms. The number of anilines is 1. The van der Waals surface area contributed by atoms with E-state index in [9.17, 15) is 32.7 Å². The normalized spacial score (nSPS) is 18.8. The van der Waals surface area contributed by atoms with Crippen molar-refractivity contribution in [2.45, 2.75) is 50.6 Å². The second-order valence-electron chi connectivity index (χ2n) is 12.0. The number of carbonyl (C=O) groups excluding carboxylic acids is 2. The number of ether oxygens (including phenoxy) is 2. The molecule has 7 rings (SSSR count). The number of benzene rings is 1. The first-order chi connectivity index (χ1) is 23.4. The number of likely N-dealkylation sites (tertiary alicyclic amines) is 1. The summed E-state index contributed by atoms with van der Waals surface area (Å²) in [5.74, 6) is -0.983. The van der Waals surface area contributed by atoms with E-state index >= 15 is 0 Å². The quantitative estimate of drug-likeness (QED) is 0.310. The molecule has 1 spiro atoms. The first-order valence-electron chi connectivity index (χ1n) is 15.4. The fourth-order valence-electron chi connectivity index (χ4n) is 6.68. The molecular weight excluding hydrogens is 671 g/mol. The maximum atomic E-state index is 14.3. The molecule has 1 saturated heterocycles. The number of nitrogens with one attached hydrogen (secondary N) is 1. The average Bonchev–Trinajstić information content (AvgIpc) is 3.64. The van der Waals surface area contributed by atoms with Crippen LogP contribution in [-0.4, -0.2) is 72.3 Å². The van der Waals surface area contributed by atoms with Crippen LogP contribution in [0.5, 0.6) is 5.75 Å². The molecule has 49 heavy (non-hydrogen) atoms. The molecule has 256 valence electrons. The molecule has 3 aliphatic rings. The summed E-state index contributed by atoms with van der Waals surface area (Å²) in [7, 11) is 0. The highest BCUT2D eigenvalue weighted by molar-refractivity contribution is 6.33. The van der Waals surface area contributed by atoms with Gasteiger partial charge in [0.15, 0.2) is 11.5 Å². The molecule has 1 aromatic carbocycles. The van der Waals surface area contributed by atoms with Crippen molar-refractivity contribution in [3.8, 4) is 5.75 Å². The van der Waals surface area contributed by atoms with Crippen molar-refractivity contribution in [3.05, 3.63) is 86.3 Å². The van der Waals surface area contributed by atoms with Crippen molar-refractivity contribution in [1.82, 2.24) is 29.0 Å². The predicted octanol–water partition coefficient (Wildman–Crippen LogP) is 4.33. The largest absolute Gasteiger partial charge is 0.505 e. The topological polar surface area (TPSA) is 153 Å². The van der Waals surface area contributed by atoms with Crippen LogP contribution in [0, 0.1) is 0 Å². The summed E-state index contributed by atoms with van der Waals surface area (Å²) in [5, 5.41) is 17.0. The molecule has 0 aliphatic carbocycles. The van der Waals surface area contributed by atoms with E-state index in [2.05, 4.69) is 20.4 Å². The van der Waals surface area contributed by atoms with E-state index in [-0.39, 0.29) is 59.4 Å². The van der Waals surface area contributed by atoms with Crippen molar-refractivity contribution in [3.63, 3.8) is 0 Å². The van der Waals surface area contributed by atoms with E-state index in [1.165, 1.54) is 27.8 Å². The Hall–Kier alpha value is -4.80. The Labute approximate surface area is 280 Å². The Bertz CT molecular complexity index is 2090. The molecule has 6 heterocycles. The summed E-state index contributed by atoms with van der Waals surface area (Å²) in [5.41, 5.74) is -1.25. The van der Waals surface area contributed by atoms with Crippen LogP contribution in [0.1, 0.15) is 65.4 Å². The SMILES string of the molecule is C[C@@H]1OC2(CCN(C(=O)c3ncccc3O)CC2)c2c1n(CC(=O)Nc1ccc(C(F)(F)F)cc1Cl)c1nc(C3=CCOCC3)nn1c2=O. The highest BCUT2D eigenvalue weighted by Gasteiger charge is 2.50. The Balaban J connectivity index is 1.26. The maximum absolute atomic E-state index is 14.3. The summed E-state index contributed by atoms with van der Waals surface area (Å²) in [6.45, 7) is 2.49. The zero-order chi connectivity index (χ0) is 34.7. The van der Waals surface area contributed by atoms with Crippen LogP contribution in [0.4, 0.5) is 18.9 Å². The molecule has 2 amide bonds. The lowest BCUT2D eigenvalue weighted by molar-refractivity contribution is -0.137. The van der Waals surface area contributed by atoms with Gasteiger partial charge in [0.2, 0.25) is 11.7 Å². The zero-order valence-corrected chi connectivity index (χ0v) is 26.7. The first-order valence-corrected chi connectivity index (χ1v) is 15.8. The van der Waals surface area contributed by atoms with Crippen molar-refractivity contribution >= 4 is 40.5 Å². The molecule has 3 aromatic heterocycles. The van der Waals surface area contributed by atoms with Crippen molar-refractivity contribution < 1.29 is 37.3 Å². The van der Waals surface area contributed by atoms with E-state index in [0.717, 1.165) is 28.3 Å². The minimum absolute atomic E-state index is 0.0281. The number of piperidine rings is 1. The second-order valence-corrected chi connectivity index (χ2v) is 12.4. The number of halogens is 4. The zero-order valence-electron chi connectivity index (χ0n) is 26.0. The summed E-state index contributed by atoms with van der Waals surface area (Å²) in [6.07, 6.45) is -1.12. The number of hydrogen-bond donors (Lipinski definition) is 2. The highest BCUT2D eigenvalue weighted by Crippen LogP contribution is 2.48. The van der Waals surface area contributed by atoms with Crippen LogP contribution >= 0.6 is 11.6 Å². The lowest BCUT2D eigenvalue weighted by Crippen LogP contribution is -2.47. The van der Waals surface area contributed by atoms with E-state index in [1.807, 2.05) is 6.08 Å². The van der Waals surface area contributed by atoms with Crippen LogP contribution in [0.15, 0.2) is 47.4 Å². The fraction of sp³-hybridized carbons (Fsp3) is 0.375. The van der Waals surface area contributed by atoms with Crippen molar-refractivity contribution in [2.24, 2.45) is 0 Å². The van der Waals surface area contributed by atoms with Gasteiger partial charge in [-0.3, -0.25) is 14.4 Å². The summed E-state index contributed by atoms with van der Waals surface area (Å²) >= 11 is 6.11. The van der Waals surface area contributed by atoms with Gasteiger partial charge in [-0.2, -0.15) is 22.7 Å². The predicted molar refractivity (Wildman–Crippen MR) is 168 cm³/mol. The minimum atomic E-state index is -4.62. The number of fused-ring (bicyclic) bond motifs is 3. The number of pyridine rings is 1. The summed E-state index contributed by atoms with van der Waals surface area (Å²) < 4.78 is 54.2. The number of aromatic nitrogens is 5. The van der Waals surface area contributed by atoms with Crippen LogP contribution in [0.2, 0.25) is 5.02 Å². The van der Waals surface area contributed by atoms with Gasteiger partial charge in [0.25, 0.3) is 11.5 Å². The maximum Gasteiger partial charge on any atom is 0.416 e. The lowest BCUT2D eigenvalue weighted by atomic mass is 9.85. The highest BCUT2D eigenvalue weighted by atomic mass is 35.5. The number of nitrogens with zero attached hydrogens (tertiary/aromatic N) is 6. The number of carbonyl (C=O) groups is 2. The third-order valence-corrected chi connectivity index (χ3v) is 9.31. The van der Waals surface area contributed by atoms with E-state index < -0.39 is 47.4 Å². The Morgan fingerprint density at radius 1 is 1.20 bits per heavy atom. The van der Waals surface area contributed by atoms with Gasteiger partial charge >= 0.3 is 6.18 Å². The van der Waals surface area contributed by atoms with Crippen LogP contribution < -0.4 is 10.9 Å². The van der Waals surface area contributed by atoms with Gasteiger partial charge in [0.05, 0.1) is 46.8 Å². The number of rotatable bonds is 5. The Kier molecular flexibility index (Phi) is 8.19. The number of alkyl halides is 3. The number of hydrogen-bond acceptors (Lipinski definition) is 9. The molecule has 4 aromatic rings. The van der Waals surface area contributed by atoms with E-state index in [1.54, 1.807) is 6.92 Å². The number of aromatic hydroxyl groups is 1. The molecule has 0 unspecified atom stereocenters. The van der Waals surface area contributed by atoms with Gasteiger partial charge in [-0.1, -0.05) is 17.7 Å². The lowest BCUT2D eigenvalue weighted by Gasteiger charge is -2.39. The van der Waals surface area contributed by atoms with Crippen molar-refractivity contribution in [2.75, 3.05) is 31.6 Å². The molecule has 2 N–H and O–H groups in total. The molecule has 3 aliphatic heterocycles. The van der Waals surface area contributed by atoms with Gasteiger partial charge in [0.1, 0.15) is 17.9 Å². The standard InChI is InChI=1S/C32H29ClF3N7O6/c1-17-26-24(31(49-17)8-11-41(12-9-31)29(47)25-22(44)3-2-10-37-25)28(46)43-30(39-27(40-43)18-6-13-48-14-7-18)42(26)16-23(45)38-21-5-4-19(15-20(21)33)32(34,35)36/h2-6,10,15,17,44H,7-9,11-14,16H2,1H3,(H,38,45)/t17-/m0/s1. The monoisotopic (exact) mass is 699 g/mol. The molecule has 1 fully saturated rings. The van der Waals surface area contributed by atoms with Gasteiger partial charge < -0.3 is 29.4 Å². The third kappa shape index (κ3) is 5.82. The third-order valence-electron chi connectivity index (χ3n) is 9.00. The summed E-state index contributed by atoms with van der Waals surface area (Å²) in [6, 6.07) is 5.50. The average molecular weight is 700 g/mol. The molecule has 0 saturated carbocycles. The molecule has 1 atom stereocenters. The van der Waals surface area contributed by atoms with Gasteiger partial charge in [-0.25, -0.2) is 4.98 Å². The minimum Gasteiger partial charge on any atom is -0.505 e. The Morgan fingerprint density at radius 3 is 2.65 bits per heavy atom. The fourth-order valence-corrected chi connectivity index (χ4v) is 6.90. The smallest absolute Gasteiger partial charge is 0.416 e. The van der Waals surface area contributed by atoms with Crippen LogP contribution in [0.25, 0.3) is 11.4 Å². The molecule has 0 bridgehead atoms. The first kappa shape index (κ1) is 32.7. The van der Waals surface area contributed by atoms with Crippen LogP contribution in [0.3, 0.4) is 0 Å². The Morgan fingerprint density at radius 2 is 1.98 bits per heavy atom. The van der Waals surface area contributed by atoms with Gasteiger partial charge in [0, 0.05) is 19.3 Å². The molecular formula is C32H29ClF3N7O6. The van der Waals surface area contributed by atoms with Gasteiger partial charge in [-0.15, -0.1) is 5.10 Å². The number of amides is 2. The molecule has 13 nitrogen and oxygen atoms in total. The van der Waals surface area contributed by atoms with Gasteiger partial charge in [-0.05, 0) is 62.1 Å². The van der Waals surface area contributed by atoms with Crippen LogP contribution in [-0.2, 0) is 32.6 Å². The second kappa shape index (κ2) is 12.3.